The van der Waals surface area contributed by atoms with Gasteiger partial charge in [-0.1, -0.05) is 29.8 Å². The molecule has 94 valence electrons. The van der Waals surface area contributed by atoms with Crippen molar-refractivity contribution in [2.24, 2.45) is 5.73 Å². The molecule has 0 radical (unpaired) electrons. The molecule has 1 aromatic carbocycles. The highest BCUT2D eigenvalue weighted by Crippen LogP contribution is 2.12. The van der Waals surface area contributed by atoms with Gasteiger partial charge in [-0.25, -0.2) is 0 Å². The average molecular weight is 236 g/mol. The van der Waals surface area contributed by atoms with Crippen molar-refractivity contribution in [3.05, 3.63) is 35.4 Å². The Morgan fingerprint density at radius 2 is 2.00 bits per heavy atom. The Balaban J connectivity index is 2.57. The molecule has 3 N–H and O–H groups in total. The van der Waals surface area contributed by atoms with E-state index >= 15 is 0 Å². The van der Waals surface area contributed by atoms with Gasteiger partial charge in [0.25, 0.3) is 0 Å². The van der Waals surface area contributed by atoms with Crippen LogP contribution in [-0.2, 0) is 9.53 Å². The number of carbonyl (C=O) groups excluding carboxylic acids is 1. The fourth-order valence-electron chi connectivity index (χ4n) is 1.51. The Bertz CT molecular complexity index is 362. The van der Waals surface area contributed by atoms with Crippen molar-refractivity contribution >= 4 is 5.91 Å². The van der Waals surface area contributed by atoms with Crippen LogP contribution in [0.15, 0.2) is 24.3 Å². The van der Waals surface area contributed by atoms with Gasteiger partial charge < -0.3 is 15.8 Å². The van der Waals surface area contributed by atoms with E-state index in [2.05, 4.69) is 5.32 Å². The van der Waals surface area contributed by atoms with Crippen LogP contribution in [0.3, 0.4) is 0 Å². The second kappa shape index (κ2) is 6.37. The molecule has 17 heavy (non-hydrogen) atoms. The maximum absolute atomic E-state index is 11.7. The maximum atomic E-state index is 11.7. The first-order chi connectivity index (χ1) is 8.04. The number of rotatable bonds is 5. The molecule has 1 rings (SSSR count). The lowest BCUT2D eigenvalue weighted by atomic mass is 10.1. The minimum atomic E-state index is -0.618. The summed E-state index contributed by atoms with van der Waals surface area (Å²) in [6.07, 6.45) is 0. The van der Waals surface area contributed by atoms with Gasteiger partial charge in [0, 0.05) is 7.11 Å². The zero-order valence-corrected chi connectivity index (χ0v) is 10.6. The predicted octanol–water partition coefficient (Wildman–Crippen LogP) is 1.15. The first-order valence-corrected chi connectivity index (χ1v) is 5.66. The van der Waals surface area contributed by atoms with E-state index < -0.39 is 6.04 Å². The summed E-state index contributed by atoms with van der Waals surface area (Å²) in [6.45, 7) is 4.19. The second-order valence-corrected chi connectivity index (χ2v) is 4.20. The molecule has 4 heteroatoms. The number of benzene rings is 1. The van der Waals surface area contributed by atoms with Crippen molar-refractivity contribution in [1.82, 2.24) is 5.32 Å². The van der Waals surface area contributed by atoms with E-state index in [1.54, 1.807) is 0 Å². The van der Waals surface area contributed by atoms with E-state index in [0.29, 0.717) is 0 Å². The SMILES string of the molecule is COCC(N)C(=O)N[C@@H](C)c1ccc(C)cc1. The highest BCUT2D eigenvalue weighted by Gasteiger charge is 2.16. The molecule has 0 saturated heterocycles. The highest BCUT2D eigenvalue weighted by atomic mass is 16.5. The van der Waals surface area contributed by atoms with Gasteiger partial charge in [-0.2, -0.15) is 0 Å². The first kappa shape index (κ1) is 13.7. The van der Waals surface area contributed by atoms with Gasteiger partial charge in [-0.3, -0.25) is 4.79 Å². The average Bonchev–Trinajstić information content (AvgIpc) is 2.30. The molecule has 4 nitrogen and oxygen atoms in total. The molecule has 1 aromatic rings. The molecule has 0 aliphatic carbocycles. The molecule has 2 atom stereocenters. The third-order valence-electron chi connectivity index (χ3n) is 2.62. The molecular formula is C13H20N2O2. The number of carbonyl (C=O) groups is 1. The van der Waals surface area contributed by atoms with Crippen molar-refractivity contribution < 1.29 is 9.53 Å². The molecule has 0 spiro atoms. The van der Waals surface area contributed by atoms with E-state index in [1.807, 2.05) is 38.1 Å². The molecule has 0 heterocycles. The van der Waals surface area contributed by atoms with E-state index in [9.17, 15) is 4.79 Å². The van der Waals surface area contributed by atoms with E-state index in [0.717, 1.165) is 5.56 Å². The second-order valence-electron chi connectivity index (χ2n) is 4.20. The third kappa shape index (κ3) is 4.17. The lowest BCUT2D eigenvalue weighted by Gasteiger charge is -2.17. The van der Waals surface area contributed by atoms with Crippen LogP contribution < -0.4 is 11.1 Å². The molecular weight excluding hydrogens is 216 g/mol. The smallest absolute Gasteiger partial charge is 0.239 e. The number of hydrogen-bond donors (Lipinski definition) is 2. The quantitative estimate of drug-likeness (QED) is 0.806. The zero-order valence-electron chi connectivity index (χ0n) is 10.6. The summed E-state index contributed by atoms with van der Waals surface area (Å²) in [5.41, 5.74) is 7.90. The van der Waals surface area contributed by atoms with Crippen LogP contribution in [0.1, 0.15) is 24.1 Å². The van der Waals surface area contributed by atoms with Gasteiger partial charge in [-0.05, 0) is 19.4 Å². The fraction of sp³-hybridized carbons (Fsp3) is 0.462. The maximum Gasteiger partial charge on any atom is 0.239 e. The molecule has 1 unspecified atom stereocenters. The number of nitrogens with two attached hydrogens (primary N) is 1. The minimum absolute atomic E-state index is 0.0500. The predicted molar refractivity (Wildman–Crippen MR) is 67.6 cm³/mol. The van der Waals surface area contributed by atoms with Crippen molar-refractivity contribution in [2.45, 2.75) is 25.9 Å². The molecule has 0 aromatic heterocycles. The molecule has 0 fully saturated rings. The van der Waals surface area contributed by atoms with Gasteiger partial charge in [0.1, 0.15) is 6.04 Å². The van der Waals surface area contributed by atoms with Crippen LogP contribution in [0.4, 0.5) is 0 Å². The Kier molecular flexibility index (Phi) is 5.12. The summed E-state index contributed by atoms with van der Waals surface area (Å²) < 4.78 is 4.84. The van der Waals surface area contributed by atoms with Crippen molar-refractivity contribution in [1.29, 1.82) is 0 Å². The van der Waals surface area contributed by atoms with Crippen molar-refractivity contribution in [3.63, 3.8) is 0 Å². The van der Waals surface area contributed by atoms with E-state index in [1.165, 1.54) is 12.7 Å². The summed E-state index contributed by atoms with van der Waals surface area (Å²) >= 11 is 0. The van der Waals surface area contributed by atoms with E-state index in [-0.39, 0.29) is 18.6 Å². The van der Waals surface area contributed by atoms with Crippen molar-refractivity contribution in [3.8, 4) is 0 Å². The van der Waals surface area contributed by atoms with Crippen molar-refractivity contribution in [2.75, 3.05) is 13.7 Å². The summed E-state index contributed by atoms with van der Waals surface area (Å²) in [5, 5.41) is 2.86. The fourth-order valence-corrected chi connectivity index (χ4v) is 1.51. The lowest BCUT2D eigenvalue weighted by Crippen LogP contribution is -2.44. The highest BCUT2D eigenvalue weighted by molar-refractivity contribution is 5.82. The molecule has 0 saturated carbocycles. The molecule has 0 bridgehead atoms. The molecule has 0 aliphatic heterocycles. The van der Waals surface area contributed by atoms with Crippen LogP contribution in [0, 0.1) is 6.92 Å². The first-order valence-electron chi connectivity index (χ1n) is 5.66. The van der Waals surface area contributed by atoms with Crippen LogP contribution in [0.25, 0.3) is 0 Å². The third-order valence-corrected chi connectivity index (χ3v) is 2.62. The topological polar surface area (TPSA) is 64.3 Å². The van der Waals surface area contributed by atoms with Gasteiger partial charge in [0.05, 0.1) is 12.6 Å². The Hall–Kier alpha value is -1.39. The molecule has 0 aliphatic rings. The zero-order chi connectivity index (χ0) is 12.8. The van der Waals surface area contributed by atoms with Crippen LogP contribution in [0.2, 0.25) is 0 Å². The normalized spacial score (nSPS) is 14.1. The lowest BCUT2D eigenvalue weighted by molar-refractivity contribution is -0.124. The minimum Gasteiger partial charge on any atom is -0.383 e. The Morgan fingerprint density at radius 3 is 2.53 bits per heavy atom. The number of aryl methyl sites for hydroxylation is 1. The van der Waals surface area contributed by atoms with Gasteiger partial charge in [0.2, 0.25) is 5.91 Å². The Labute approximate surface area is 102 Å². The largest absolute Gasteiger partial charge is 0.383 e. The van der Waals surface area contributed by atoms with Crippen LogP contribution in [0.5, 0.6) is 0 Å². The van der Waals surface area contributed by atoms with Gasteiger partial charge >= 0.3 is 0 Å². The van der Waals surface area contributed by atoms with Crippen LogP contribution >= 0.6 is 0 Å². The number of ether oxygens (including phenoxy) is 1. The summed E-state index contributed by atoms with van der Waals surface area (Å²) in [7, 11) is 1.52. The van der Waals surface area contributed by atoms with Gasteiger partial charge in [-0.15, -0.1) is 0 Å². The summed E-state index contributed by atoms with van der Waals surface area (Å²) in [5.74, 6) is -0.195. The number of methoxy groups -OCH3 is 1. The number of amides is 1. The molecule has 1 amide bonds. The standard InChI is InChI=1S/C13H20N2O2/c1-9-4-6-11(7-5-9)10(2)15-13(16)12(14)8-17-3/h4-7,10,12H,8,14H2,1-3H3,(H,15,16)/t10-,12?/m0/s1. The number of nitrogens with one attached hydrogen (secondary N) is 1. The monoisotopic (exact) mass is 236 g/mol. The summed E-state index contributed by atoms with van der Waals surface area (Å²) in [6, 6.07) is 7.38. The van der Waals surface area contributed by atoms with E-state index in [4.69, 9.17) is 10.5 Å². The van der Waals surface area contributed by atoms with Crippen LogP contribution in [-0.4, -0.2) is 25.7 Å². The van der Waals surface area contributed by atoms with Gasteiger partial charge in [0.15, 0.2) is 0 Å². The number of hydrogen-bond acceptors (Lipinski definition) is 3. The Morgan fingerprint density at radius 1 is 1.41 bits per heavy atom. The summed E-state index contributed by atoms with van der Waals surface area (Å²) in [4.78, 5) is 11.7.